The van der Waals surface area contributed by atoms with Crippen molar-refractivity contribution in [3.05, 3.63) is 23.8 Å². The SMILES string of the molecule is COc1ccc(NC(C)CC(C)C)cc1CO. The van der Waals surface area contributed by atoms with Crippen LogP contribution in [0.4, 0.5) is 5.69 Å². The molecule has 1 aromatic carbocycles. The molecular formula is C14H23NO2. The van der Waals surface area contributed by atoms with E-state index in [9.17, 15) is 5.11 Å². The summed E-state index contributed by atoms with van der Waals surface area (Å²) in [5.41, 5.74) is 1.84. The molecule has 0 heterocycles. The number of nitrogens with one attached hydrogen (secondary N) is 1. The predicted octanol–water partition coefficient (Wildman–Crippen LogP) is 3.03. The van der Waals surface area contributed by atoms with Crippen molar-refractivity contribution < 1.29 is 9.84 Å². The highest BCUT2D eigenvalue weighted by Gasteiger charge is 2.07. The van der Waals surface area contributed by atoms with E-state index in [-0.39, 0.29) is 6.61 Å². The van der Waals surface area contributed by atoms with Crippen LogP contribution < -0.4 is 10.1 Å². The number of benzene rings is 1. The van der Waals surface area contributed by atoms with Crippen molar-refractivity contribution in [1.29, 1.82) is 0 Å². The number of hydrogen-bond acceptors (Lipinski definition) is 3. The molecule has 0 spiro atoms. The van der Waals surface area contributed by atoms with Crippen LogP contribution in [0.25, 0.3) is 0 Å². The van der Waals surface area contributed by atoms with Crippen molar-refractivity contribution >= 4 is 5.69 Å². The van der Waals surface area contributed by atoms with Crippen LogP contribution in [0.3, 0.4) is 0 Å². The molecule has 0 bridgehead atoms. The van der Waals surface area contributed by atoms with Gasteiger partial charge in [0.2, 0.25) is 0 Å². The van der Waals surface area contributed by atoms with Gasteiger partial charge in [0, 0.05) is 17.3 Å². The minimum absolute atomic E-state index is 0.00272. The largest absolute Gasteiger partial charge is 0.496 e. The smallest absolute Gasteiger partial charge is 0.124 e. The highest BCUT2D eigenvalue weighted by Crippen LogP contribution is 2.23. The van der Waals surface area contributed by atoms with Gasteiger partial charge in [0.25, 0.3) is 0 Å². The number of rotatable bonds is 6. The molecule has 3 nitrogen and oxygen atoms in total. The molecule has 3 heteroatoms. The summed E-state index contributed by atoms with van der Waals surface area (Å²) < 4.78 is 5.17. The average molecular weight is 237 g/mol. The summed E-state index contributed by atoms with van der Waals surface area (Å²) in [5, 5.41) is 12.7. The second-order valence-electron chi connectivity index (χ2n) is 4.86. The van der Waals surface area contributed by atoms with Gasteiger partial charge in [0.1, 0.15) is 5.75 Å². The van der Waals surface area contributed by atoms with Crippen LogP contribution in [-0.2, 0) is 6.61 Å². The van der Waals surface area contributed by atoms with Gasteiger partial charge in [-0.05, 0) is 37.5 Å². The number of methoxy groups -OCH3 is 1. The lowest BCUT2D eigenvalue weighted by Gasteiger charge is -2.18. The second-order valence-corrected chi connectivity index (χ2v) is 4.86. The first-order valence-corrected chi connectivity index (χ1v) is 6.11. The van der Waals surface area contributed by atoms with E-state index in [4.69, 9.17) is 4.74 Å². The standard InChI is InChI=1S/C14H23NO2/c1-10(2)7-11(3)15-13-5-6-14(17-4)12(8-13)9-16/h5-6,8,10-11,15-16H,7,9H2,1-4H3. The monoisotopic (exact) mass is 237 g/mol. The normalized spacial score (nSPS) is 12.6. The van der Waals surface area contributed by atoms with Gasteiger partial charge in [0.15, 0.2) is 0 Å². The highest BCUT2D eigenvalue weighted by molar-refractivity contribution is 5.51. The Hall–Kier alpha value is -1.22. The Bertz CT molecular complexity index is 350. The maximum Gasteiger partial charge on any atom is 0.124 e. The Kier molecular flexibility index (Phi) is 5.29. The van der Waals surface area contributed by atoms with E-state index in [2.05, 4.69) is 26.1 Å². The Morgan fingerprint density at radius 1 is 1.29 bits per heavy atom. The Morgan fingerprint density at radius 3 is 2.53 bits per heavy atom. The Morgan fingerprint density at radius 2 is 2.00 bits per heavy atom. The first kappa shape index (κ1) is 13.8. The molecule has 1 aromatic rings. The molecule has 96 valence electrons. The lowest BCUT2D eigenvalue weighted by molar-refractivity contribution is 0.274. The predicted molar refractivity (Wildman–Crippen MR) is 71.5 cm³/mol. The summed E-state index contributed by atoms with van der Waals surface area (Å²) in [5.74, 6) is 1.41. The van der Waals surface area contributed by atoms with Gasteiger partial charge in [-0.25, -0.2) is 0 Å². The van der Waals surface area contributed by atoms with Gasteiger partial charge in [-0.2, -0.15) is 0 Å². The van der Waals surface area contributed by atoms with E-state index in [0.29, 0.717) is 12.0 Å². The van der Waals surface area contributed by atoms with Crippen LogP contribution in [-0.4, -0.2) is 18.3 Å². The molecule has 0 amide bonds. The fourth-order valence-electron chi connectivity index (χ4n) is 2.04. The molecule has 0 fully saturated rings. The summed E-state index contributed by atoms with van der Waals surface area (Å²) >= 11 is 0. The average Bonchev–Trinajstić information content (AvgIpc) is 2.27. The molecule has 1 rings (SSSR count). The minimum atomic E-state index is -0.00272. The summed E-state index contributed by atoms with van der Waals surface area (Å²) in [6.07, 6.45) is 1.13. The molecule has 0 aromatic heterocycles. The third-order valence-electron chi connectivity index (χ3n) is 2.69. The van der Waals surface area contributed by atoms with Crippen LogP contribution >= 0.6 is 0 Å². The number of aliphatic hydroxyl groups is 1. The number of hydrogen-bond donors (Lipinski definition) is 2. The molecule has 1 atom stereocenters. The number of anilines is 1. The van der Waals surface area contributed by atoms with Crippen LogP contribution in [0.2, 0.25) is 0 Å². The van der Waals surface area contributed by atoms with Crippen molar-refractivity contribution in [2.75, 3.05) is 12.4 Å². The molecule has 0 radical (unpaired) electrons. The first-order valence-electron chi connectivity index (χ1n) is 6.11. The molecule has 0 saturated carbocycles. The van der Waals surface area contributed by atoms with Crippen LogP contribution in [0, 0.1) is 5.92 Å². The topological polar surface area (TPSA) is 41.5 Å². The van der Waals surface area contributed by atoms with Crippen molar-refractivity contribution in [2.24, 2.45) is 5.92 Å². The van der Waals surface area contributed by atoms with Crippen molar-refractivity contribution in [1.82, 2.24) is 0 Å². The molecule has 17 heavy (non-hydrogen) atoms. The van der Waals surface area contributed by atoms with Crippen LogP contribution in [0.15, 0.2) is 18.2 Å². The van der Waals surface area contributed by atoms with E-state index in [1.165, 1.54) is 0 Å². The zero-order valence-corrected chi connectivity index (χ0v) is 11.2. The summed E-state index contributed by atoms with van der Waals surface area (Å²) in [4.78, 5) is 0. The van der Waals surface area contributed by atoms with E-state index in [1.807, 2.05) is 18.2 Å². The van der Waals surface area contributed by atoms with Gasteiger partial charge in [0.05, 0.1) is 13.7 Å². The zero-order valence-electron chi connectivity index (χ0n) is 11.2. The minimum Gasteiger partial charge on any atom is -0.496 e. The van der Waals surface area contributed by atoms with E-state index in [1.54, 1.807) is 7.11 Å². The maximum atomic E-state index is 9.25. The second kappa shape index (κ2) is 6.50. The van der Waals surface area contributed by atoms with Gasteiger partial charge in [-0.15, -0.1) is 0 Å². The molecule has 0 aliphatic heterocycles. The molecule has 2 N–H and O–H groups in total. The number of aliphatic hydroxyl groups excluding tert-OH is 1. The highest BCUT2D eigenvalue weighted by atomic mass is 16.5. The van der Waals surface area contributed by atoms with Crippen molar-refractivity contribution in [2.45, 2.75) is 39.8 Å². The van der Waals surface area contributed by atoms with Gasteiger partial charge >= 0.3 is 0 Å². The van der Waals surface area contributed by atoms with E-state index < -0.39 is 0 Å². The first-order chi connectivity index (χ1) is 8.06. The molecule has 0 aliphatic rings. The zero-order chi connectivity index (χ0) is 12.8. The molecule has 1 unspecified atom stereocenters. The van der Waals surface area contributed by atoms with Crippen LogP contribution in [0.5, 0.6) is 5.75 Å². The molecule has 0 saturated heterocycles. The maximum absolute atomic E-state index is 9.25. The summed E-state index contributed by atoms with van der Waals surface area (Å²) in [6.45, 7) is 6.59. The van der Waals surface area contributed by atoms with E-state index in [0.717, 1.165) is 23.4 Å². The Labute approximate surface area is 104 Å². The molecular weight excluding hydrogens is 214 g/mol. The molecule has 0 aliphatic carbocycles. The Balaban J connectivity index is 2.72. The quantitative estimate of drug-likeness (QED) is 0.799. The lowest BCUT2D eigenvalue weighted by Crippen LogP contribution is -2.17. The van der Waals surface area contributed by atoms with Gasteiger partial charge in [-0.1, -0.05) is 13.8 Å². The third kappa shape index (κ3) is 4.27. The van der Waals surface area contributed by atoms with Crippen molar-refractivity contribution in [3.8, 4) is 5.75 Å². The van der Waals surface area contributed by atoms with Gasteiger partial charge < -0.3 is 15.2 Å². The summed E-state index contributed by atoms with van der Waals surface area (Å²) in [6, 6.07) is 6.23. The van der Waals surface area contributed by atoms with Gasteiger partial charge in [-0.3, -0.25) is 0 Å². The van der Waals surface area contributed by atoms with Crippen molar-refractivity contribution in [3.63, 3.8) is 0 Å². The summed E-state index contributed by atoms with van der Waals surface area (Å²) in [7, 11) is 1.61. The lowest BCUT2D eigenvalue weighted by atomic mass is 10.0. The number of ether oxygens (including phenoxy) is 1. The van der Waals surface area contributed by atoms with Crippen LogP contribution in [0.1, 0.15) is 32.8 Å². The van der Waals surface area contributed by atoms with E-state index >= 15 is 0 Å². The fraction of sp³-hybridized carbons (Fsp3) is 0.571. The third-order valence-corrected chi connectivity index (χ3v) is 2.69. The fourth-order valence-corrected chi connectivity index (χ4v) is 2.04.